The monoisotopic (exact) mass is 238 g/mol. The third-order valence-electron chi connectivity index (χ3n) is 2.59. The Morgan fingerprint density at radius 3 is 2.69 bits per heavy atom. The molecule has 2 nitrogen and oxygen atoms in total. The van der Waals surface area contributed by atoms with Crippen LogP contribution in [0.1, 0.15) is 31.4 Å². The number of hydrogen-bond donors (Lipinski definition) is 0. The summed E-state index contributed by atoms with van der Waals surface area (Å²) in [5.74, 6) is 0.542. The molecule has 0 heterocycles. The average Bonchev–Trinajstić information content (AvgIpc) is 2.27. The van der Waals surface area contributed by atoms with Crippen LogP contribution in [0.4, 0.5) is 0 Å². The molecule has 0 saturated heterocycles. The fourth-order valence-corrected chi connectivity index (χ4v) is 2.74. The van der Waals surface area contributed by atoms with E-state index >= 15 is 0 Å². The van der Waals surface area contributed by atoms with Crippen LogP contribution in [0.2, 0.25) is 0 Å². The van der Waals surface area contributed by atoms with E-state index in [4.69, 9.17) is 0 Å². The molecule has 0 aliphatic carbocycles. The summed E-state index contributed by atoms with van der Waals surface area (Å²) >= 11 is 0. The van der Waals surface area contributed by atoms with Crippen LogP contribution in [0.15, 0.2) is 24.3 Å². The molecule has 2 unspecified atom stereocenters. The van der Waals surface area contributed by atoms with E-state index in [1.54, 1.807) is 6.92 Å². The average molecular weight is 238 g/mol. The summed E-state index contributed by atoms with van der Waals surface area (Å²) < 4.78 is 11.9. The largest absolute Gasteiger partial charge is 0.298 e. The van der Waals surface area contributed by atoms with Crippen molar-refractivity contribution in [2.45, 2.75) is 38.2 Å². The van der Waals surface area contributed by atoms with E-state index < -0.39 is 10.8 Å². The van der Waals surface area contributed by atoms with Crippen molar-refractivity contribution in [1.82, 2.24) is 0 Å². The van der Waals surface area contributed by atoms with E-state index in [9.17, 15) is 9.00 Å². The highest BCUT2D eigenvalue weighted by atomic mass is 32.2. The van der Waals surface area contributed by atoms with Gasteiger partial charge < -0.3 is 0 Å². The normalized spacial score (nSPS) is 14.4. The molecule has 88 valence electrons. The molecule has 1 aromatic carbocycles. The fourth-order valence-electron chi connectivity index (χ4n) is 1.53. The number of carbonyl (C=O) groups excluding carboxylic acids is 1. The summed E-state index contributed by atoms with van der Waals surface area (Å²) in [7, 11) is -1.10. The van der Waals surface area contributed by atoms with Gasteiger partial charge in [0.05, 0.1) is 5.25 Å². The van der Waals surface area contributed by atoms with Crippen molar-refractivity contribution in [3.8, 4) is 0 Å². The van der Waals surface area contributed by atoms with Gasteiger partial charge >= 0.3 is 0 Å². The molecule has 2 atom stereocenters. The van der Waals surface area contributed by atoms with Gasteiger partial charge in [-0.2, -0.15) is 0 Å². The van der Waals surface area contributed by atoms with Gasteiger partial charge in [-0.25, -0.2) is 0 Å². The third-order valence-corrected chi connectivity index (χ3v) is 4.26. The van der Waals surface area contributed by atoms with E-state index in [0.717, 1.165) is 11.1 Å². The van der Waals surface area contributed by atoms with Crippen LogP contribution < -0.4 is 0 Å². The van der Waals surface area contributed by atoms with Crippen LogP contribution in [0, 0.1) is 6.92 Å². The smallest absolute Gasteiger partial charge is 0.147 e. The first-order valence-electron chi connectivity index (χ1n) is 5.50. The van der Waals surface area contributed by atoms with Crippen LogP contribution in [0.3, 0.4) is 0 Å². The second-order valence-corrected chi connectivity index (χ2v) is 5.73. The highest BCUT2D eigenvalue weighted by Crippen LogP contribution is 2.10. The molecule has 1 aromatic rings. The van der Waals surface area contributed by atoms with Crippen LogP contribution in [-0.2, 0) is 21.3 Å². The summed E-state index contributed by atoms with van der Waals surface area (Å²) in [4.78, 5) is 11.4. The van der Waals surface area contributed by atoms with Crippen molar-refractivity contribution in [2.75, 3.05) is 0 Å². The molecule has 0 bridgehead atoms. The maximum absolute atomic E-state index is 11.9. The predicted octanol–water partition coefficient (Wildman–Crippen LogP) is 2.61. The maximum Gasteiger partial charge on any atom is 0.147 e. The van der Waals surface area contributed by atoms with Crippen molar-refractivity contribution in [2.24, 2.45) is 0 Å². The van der Waals surface area contributed by atoms with Gasteiger partial charge in [-0.15, -0.1) is 0 Å². The molecule has 0 aromatic heterocycles. The maximum atomic E-state index is 11.9. The van der Waals surface area contributed by atoms with Crippen LogP contribution in [-0.4, -0.2) is 15.2 Å². The van der Waals surface area contributed by atoms with Crippen molar-refractivity contribution < 1.29 is 9.00 Å². The van der Waals surface area contributed by atoms with Gasteiger partial charge in [0.2, 0.25) is 0 Å². The molecule has 16 heavy (non-hydrogen) atoms. The fraction of sp³-hybridized carbons (Fsp3) is 0.462. The lowest BCUT2D eigenvalue weighted by Crippen LogP contribution is -2.22. The van der Waals surface area contributed by atoms with Gasteiger partial charge in [0.1, 0.15) is 5.78 Å². The van der Waals surface area contributed by atoms with Crippen LogP contribution >= 0.6 is 0 Å². The van der Waals surface area contributed by atoms with Gasteiger partial charge in [-0.05, 0) is 19.4 Å². The number of ketones is 1. The van der Waals surface area contributed by atoms with Gasteiger partial charge in [-0.1, -0.05) is 36.8 Å². The minimum atomic E-state index is -1.10. The summed E-state index contributed by atoms with van der Waals surface area (Å²) in [6.07, 6.45) is 0.459. The SMILES string of the molecule is CCC(=O)C(C)S(=O)Cc1cccc(C)c1. The predicted molar refractivity (Wildman–Crippen MR) is 67.8 cm³/mol. The molecular weight excluding hydrogens is 220 g/mol. The summed E-state index contributed by atoms with van der Waals surface area (Å²) in [5, 5.41) is -0.356. The molecule has 0 N–H and O–H groups in total. The second kappa shape index (κ2) is 5.94. The molecule has 0 aliphatic rings. The molecule has 0 saturated carbocycles. The van der Waals surface area contributed by atoms with Crippen molar-refractivity contribution >= 4 is 16.6 Å². The molecule has 1 rings (SSSR count). The van der Waals surface area contributed by atoms with E-state index in [-0.39, 0.29) is 11.0 Å². The Balaban J connectivity index is 2.68. The Hall–Kier alpha value is -0.960. The standard InChI is InChI=1S/C13H18O2S/c1-4-13(14)11(3)16(15)9-12-7-5-6-10(2)8-12/h5-8,11H,4,9H2,1-3H3. The van der Waals surface area contributed by atoms with E-state index in [1.165, 1.54) is 0 Å². The Morgan fingerprint density at radius 1 is 1.44 bits per heavy atom. The molecule has 0 amide bonds. The quantitative estimate of drug-likeness (QED) is 0.790. The lowest BCUT2D eigenvalue weighted by molar-refractivity contribution is -0.118. The molecular formula is C13H18O2S. The minimum absolute atomic E-state index is 0.0750. The van der Waals surface area contributed by atoms with Gasteiger partial charge in [0.15, 0.2) is 0 Å². The number of hydrogen-bond acceptors (Lipinski definition) is 2. The Kier molecular flexibility index (Phi) is 4.87. The molecule has 0 spiro atoms. The van der Waals surface area contributed by atoms with Crippen LogP contribution in [0.25, 0.3) is 0 Å². The summed E-state index contributed by atoms with van der Waals surface area (Å²) in [5.41, 5.74) is 2.19. The summed E-state index contributed by atoms with van der Waals surface area (Å²) in [6, 6.07) is 7.93. The number of aryl methyl sites for hydroxylation is 1. The Bertz CT molecular complexity index is 399. The zero-order chi connectivity index (χ0) is 12.1. The zero-order valence-electron chi connectivity index (χ0n) is 10.0. The minimum Gasteiger partial charge on any atom is -0.298 e. The first-order chi connectivity index (χ1) is 7.54. The van der Waals surface area contributed by atoms with E-state index in [0.29, 0.717) is 12.2 Å². The highest BCUT2D eigenvalue weighted by molar-refractivity contribution is 7.85. The van der Waals surface area contributed by atoms with E-state index in [2.05, 4.69) is 0 Å². The Labute approximate surface area is 99.5 Å². The van der Waals surface area contributed by atoms with Gasteiger partial charge in [-0.3, -0.25) is 9.00 Å². The number of rotatable bonds is 5. The lowest BCUT2D eigenvalue weighted by atomic mass is 10.2. The highest BCUT2D eigenvalue weighted by Gasteiger charge is 2.18. The van der Waals surface area contributed by atoms with Crippen LogP contribution in [0.5, 0.6) is 0 Å². The summed E-state index contributed by atoms with van der Waals surface area (Å²) in [6.45, 7) is 5.56. The zero-order valence-corrected chi connectivity index (χ0v) is 10.8. The van der Waals surface area contributed by atoms with E-state index in [1.807, 2.05) is 38.1 Å². The second-order valence-electron chi connectivity index (χ2n) is 3.98. The van der Waals surface area contributed by atoms with Crippen molar-refractivity contribution in [1.29, 1.82) is 0 Å². The first-order valence-corrected chi connectivity index (χ1v) is 6.88. The molecule has 0 fully saturated rings. The first kappa shape index (κ1) is 13.1. The Morgan fingerprint density at radius 2 is 2.12 bits per heavy atom. The lowest BCUT2D eigenvalue weighted by Gasteiger charge is -2.09. The number of benzene rings is 1. The van der Waals surface area contributed by atoms with Gasteiger partial charge in [0, 0.05) is 23.0 Å². The van der Waals surface area contributed by atoms with Crippen molar-refractivity contribution in [3.63, 3.8) is 0 Å². The number of carbonyl (C=O) groups is 1. The van der Waals surface area contributed by atoms with Crippen molar-refractivity contribution in [3.05, 3.63) is 35.4 Å². The number of Topliss-reactive ketones (excluding diaryl/α,β-unsaturated/α-hetero) is 1. The molecule has 0 radical (unpaired) electrons. The molecule has 0 aliphatic heterocycles. The molecule has 3 heteroatoms. The topological polar surface area (TPSA) is 34.1 Å². The third kappa shape index (κ3) is 3.56. The van der Waals surface area contributed by atoms with Gasteiger partial charge in [0.25, 0.3) is 0 Å².